The van der Waals surface area contributed by atoms with Crippen LogP contribution in [0.5, 0.6) is 0 Å². The van der Waals surface area contributed by atoms with Gasteiger partial charge in [-0.3, -0.25) is 19.3 Å². The van der Waals surface area contributed by atoms with Gasteiger partial charge in [0.15, 0.2) is 0 Å². The van der Waals surface area contributed by atoms with Crippen LogP contribution in [0.4, 0.5) is 5.69 Å². The van der Waals surface area contributed by atoms with E-state index in [2.05, 4.69) is 5.32 Å². The van der Waals surface area contributed by atoms with E-state index in [-0.39, 0.29) is 30.7 Å². The van der Waals surface area contributed by atoms with Crippen molar-refractivity contribution in [2.24, 2.45) is 0 Å². The van der Waals surface area contributed by atoms with Crippen molar-refractivity contribution in [3.05, 3.63) is 29.8 Å². The summed E-state index contributed by atoms with van der Waals surface area (Å²) in [6.07, 6.45) is 1.86. The van der Waals surface area contributed by atoms with Gasteiger partial charge in [-0.25, -0.2) is 0 Å². The number of anilines is 1. The Morgan fingerprint density at radius 1 is 1.21 bits per heavy atom. The molecule has 1 fully saturated rings. The molecule has 2 aliphatic heterocycles. The van der Waals surface area contributed by atoms with Crippen LogP contribution >= 0.6 is 0 Å². The normalized spacial score (nSPS) is 20.6. The monoisotopic (exact) mass is 403 g/mol. The van der Waals surface area contributed by atoms with Gasteiger partial charge in [0, 0.05) is 39.6 Å². The predicted molar refractivity (Wildman–Crippen MR) is 108 cm³/mol. The SMILES string of the molecule is COCCOCCCNC(=O)CCN1C(=O)c2ccccc2N2C(=O)CC[C@@]12C. The van der Waals surface area contributed by atoms with Crippen molar-refractivity contribution >= 4 is 23.4 Å². The largest absolute Gasteiger partial charge is 0.382 e. The molecule has 0 unspecified atom stereocenters. The highest BCUT2D eigenvalue weighted by Gasteiger charge is 2.52. The van der Waals surface area contributed by atoms with Gasteiger partial charge >= 0.3 is 0 Å². The Bertz CT molecular complexity index is 768. The molecule has 0 aliphatic carbocycles. The molecule has 0 radical (unpaired) electrons. The fraction of sp³-hybridized carbons (Fsp3) is 0.571. The van der Waals surface area contributed by atoms with E-state index in [1.165, 1.54) is 0 Å². The zero-order valence-electron chi connectivity index (χ0n) is 17.1. The first-order valence-corrected chi connectivity index (χ1v) is 10.1. The number of benzene rings is 1. The number of methoxy groups -OCH3 is 1. The van der Waals surface area contributed by atoms with Gasteiger partial charge in [-0.15, -0.1) is 0 Å². The summed E-state index contributed by atoms with van der Waals surface area (Å²) in [7, 11) is 1.62. The van der Waals surface area contributed by atoms with Crippen LogP contribution < -0.4 is 10.2 Å². The number of hydrogen-bond acceptors (Lipinski definition) is 5. The third-order valence-corrected chi connectivity index (χ3v) is 5.53. The predicted octanol–water partition coefficient (Wildman–Crippen LogP) is 1.54. The Morgan fingerprint density at radius 2 is 2.00 bits per heavy atom. The van der Waals surface area contributed by atoms with E-state index in [1.54, 1.807) is 29.0 Å². The first-order chi connectivity index (χ1) is 14.0. The second kappa shape index (κ2) is 9.37. The van der Waals surface area contributed by atoms with Crippen LogP contribution in [-0.2, 0) is 19.1 Å². The van der Waals surface area contributed by atoms with Gasteiger partial charge < -0.3 is 19.7 Å². The lowest BCUT2D eigenvalue weighted by atomic mass is 9.98. The molecular weight excluding hydrogens is 374 g/mol. The highest BCUT2D eigenvalue weighted by molar-refractivity contribution is 6.10. The Hall–Kier alpha value is -2.45. The summed E-state index contributed by atoms with van der Waals surface area (Å²) in [6, 6.07) is 7.17. The molecule has 29 heavy (non-hydrogen) atoms. The fourth-order valence-electron chi connectivity index (χ4n) is 3.99. The summed E-state index contributed by atoms with van der Waals surface area (Å²) in [4.78, 5) is 41.3. The molecule has 1 atom stereocenters. The molecule has 3 rings (SSSR count). The molecule has 8 heteroatoms. The molecule has 1 saturated heterocycles. The van der Waals surface area contributed by atoms with E-state index < -0.39 is 5.66 Å². The molecule has 0 saturated carbocycles. The second-order valence-corrected chi connectivity index (χ2v) is 7.48. The minimum absolute atomic E-state index is 0.00961. The van der Waals surface area contributed by atoms with Gasteiger partial charge in [-0.1, -0.05) is 12.1 Å². The van der Waals surface area contributed by atoms with Crippen LogP contribution in [0.15, 0.2) is 24.3 Å². The van der Waals surface area contributed by atoms with Crippen molar-refractivity contribution in [3.8, 4) is 0 Å². The molecule has 2 aliphatic rings. The highest BCUT2D eigenvalue weighted by atomic mass is 16.5. The number of para-hydroxylation sites is 1. The smallest absolute Gasteiger partial charge is 0.257 e. The molecule has 0 spiro atoms. The van der Waals surface area contributed by atoms with Gasteiger partial charge in [-0.05, 0) is 31.9 Å². The zero-order chi connectivity index (χ0) is 20.9. The van der Waals surface area contributed by atoms with Crippen molar-refractivity contribution in [1.82, 2.24) is 10.2 Å². The quantitative estimate of drug-likeness (QED) is 0.599. The number of carbonyl (C=O) groups excluding carboxylic acids is 3. The maximum absolute atomic E-state index is 13.1. The lowest BCUT2D eigenvalue weighted by molar-refractivity contribution is -0.121. The number of ether oxygens (including phenoxy) is 2. The van der Waals surface area contributed by atoms with Crippen LogP contribution in [0, 0.1) is 0 Å². The summed E-state index contributed by atoms with van der Waals surface area (Å²) in [6.45, 7) is 4.34. The summed E-state index contributed by atoms with van der Waals surface area (Å²) in [5.74, 6) is -0.239. The van der Waals surface area contributed by atoms with Crippen molar-refractivity contribution < 1.29 is 23.9 Å². The Kier molecular flexibility index (Phi) is 6.87. The number of amides is 3. The summed E-state index contributed by atoms with van der Waals surface area (Å²) < 4.78 is 10.3. The first-order valence-electron chi connectivity index (χ1n) is 10.1. The molecular formula is C21H29N3O5. The maximum atomic E-state index is 13.1. The molecule has 1 aromatic carbocycles. The van der Waals surface area contributed by atoms with Gasteiger partial charge in [-0.2, -0.15) is 0 Å². The van der Waals surface area contributed by atoms with Crippen molar-refractivity contribution in [2.45, 2.75) is 38.3 Å². The topological polar surface area (TPSA) is 88.2 Å². The number of rotatable bonds is 10. The van der Waals surface area contributed by atoms with Gasteiger partial charge in [0.2, 0.25) is 11.8 Å². The molecule has 2 heterocycles. The van der Waals surface area contributed by atoms with Crippen molar-refractivity contribution in [1.29, 1.82) is 0 Å². The number of fused-ring (bicyclic) bond motifs is 3. The molecule has 3 amide bonds. The molecule has 1 N–H and O–H groups in total. The number of hydrogen-bond donors (Lipinski definition) is 1. The molecule has 158 valence electrons. The van der Waals surface area contributed by atoms with E-state index >= 15 is 0 Å². The average molecular weight is 403 g/mol. The van der Waals surface area contributed by atoms with E-state index in [0.717, 1.165) is 0 Å². The van der Waals surface area contributed by atoms with E-state index in [1.807, 2.05) is 19.1 Å². The molecule has 8 nitrogen and oxygen atoms in total. The summed E-state index contributed by atoms with van der Waals surface area (Å²) in [5.41, 5.74) is 0.448. The Balaban J connectivity index is 1.56. The number of nitrogens with one attached hydrogen (secondary N) is 1. The van der Waals surface area contributed by atoms with Crippen LogP contribution in [0.25, 0.3) is 0 Å². The fourth-order valence-corrected chi connectivity index (χ4v) is 3.99. The average Bonchev–Trinajstić information content (AvgIpc) is 3.02. The van der Waals surface area contributed by atoms with E-state index in [4.69, 9.17) is 9.47 Å². The lowest BCUT2D eigenvalue weighted by Gasteiger charge is -2.48. The Labute approximate surface area is 171 Å². The maximum Gasteiger partial charge on any atom is 0.257 e. The molecule has 1 aromatic rings. The van der Waals surface area contributed by atoms with Crippen LogP contribution in [0.2, 0.25) is 0 Å². The lowest BCUT2D eigenvalue weighted by Crippen LogP contribution is -2.62. The molecule has 0 bridgehead atoms. The molecule has 0 aromatic heterocycles. The third-order valence-electron chi connectivity index (χ3n) is 5.53. The van der Waals surface area contributed by atoms with Crippen LogP contribution in [0.1, 0.15) is 43.0 Å². The van der Waals surface area contributed by atoms with Crippen LogP contribution in [0.3, 0.4) is 0 Å². The van der Waals surface area contributed by atoms with Gasteiger partial charge in [0.1, 0.15) is 5.66 Å². The highest BCUT2D eigenvalue weighted by Crippen LogP contribution is 2.43. The second-order valence-electron chi connectivity index (χ2n) is 7.48. The number of nitrogens with zero attached hydrogens (tertiary/aromatic N) is 2. The first kappa shape index (κ1) is 21.3. The minimum atomic E-state index is -0.724. The van der Waals surface area contributed by atoms with Gasteiger partial charge in [0.05, 0.1) is 24.5 Å². The third kappa shape index (κ3) is 4.43. The van der Waals surface area contributed by atoms with Crippen molar-refractivity contribution in [3.63, 3.8) is 0 Å². The van der Waals surface area contributed by atoms with E-state index in [0.29, 0.717) is 56.9 Å². The van der Waals surface area contributed by atoms with Gasteiger partial charge in [0.25, 0.3) is 5.91 Å². The minimum Gasteiger partial charge on any atom is -0.382 e. The standard InChI is InChI=1S/C21H29N3O5/c1-21-10-8-19(26)24(21)17-7-4-3-6-16(17)20(27)23(21)12-9-18(25)22-11-5-13-29-15-14-28-2/h3-4,6-7H,5,8-15H2,1-2H3,(H,22,25)/t21-/m0/s1. The summed E-state index contributed by atoms with van der Waals surface area (Å²) >= 11 is 0. The summed E-state index contributed by atoms with van der Waals surface area (Å²) in [5, 5.41) is 2.86. The zero-order valence-corrected chi connectivity index (χ0v) is 17.1. The van der Waals surface area contributed by atoms with Crippen molar-refractivity contribution in [2.75, 3.05) is 44.9 Å². The number of carbonyl (C=O) groups is 3. The Morgan fingerprint density at radius 3 is 2.79 bits per heavy atom. The van der Waals surface area contributed by atoms with E-state index in [9.17, 15) is 14.4 Å². The van der Waals surface area contributed by atoms with Crippen LogP contribution in [-0.4, -0.2) is 68.3 Å².